The average Bonchev–Trinajstić information content (AvgIpc) is 2.13. The summed E-state index contributed by atoms with van der Waals surface area (Å²) in [6.07, 6.45) is 7.67. The maximum Gasteiger partial charge on any atom is 0.347 e. The Morgan fingerprint density at radius 1 is 1.12 bits per heavy atom. The normalized spacial score (nSPS) is 43.9. The Labute approximate surface area is 95.0 Å². The maximum absolute atomic E-state index is 10.5. The van der Waals surface area contributed by atoms with Gasteiger partial charge in [-0.3, -0.25) is 0 Å². The van der Waals surface area contributed by atoms with Crippen molar-refractivity contribution in [2.45, 2.75) is 44.1 Å². The SMILES string of the molecule is NC(=O)N=C=NC12CC3CC(CC(C3)C1)C2. The highest BCUT2D eigenvalue weighted by molar-refractivity contribution is 5.78. The summed E-state index contributed by atoms with van der Waals surface area (Å²) in [5.41, 5.74) is 4.99. The molecule has 4 nitrogen and oxygen atoms in total. The summed E-state index contributed by atoms with van der Waals surface area (Å²) < 4.78 is 0. The first-order valence-electron chi connectivity index (χ1n) is 6.12. The van der Waals surface area contributed by atoms with E-state index in [0.717, 1.165) is 17.8 Å². The largest absolute Gasteiger partial charge is 0.349 e. The molecule has 4 rings (SSSR count). The van der Waals surface area contributed by atoms with E-state index in [4.69, 9.17) is 5.73 Å². The molecule has 0 unspecified atom stereocenters. The summed E-state index contributed by atoms with van der Waals surface area (Å²) in [4.78, 5) is 18.4. The van der Waals surface area contributed by atoms with Crippen LogP contribution in [0.15, 0.2) is 9.98 Å². The molecule has 0 aromatic heterocycles. The fourth-order valence-electron chi connectivity index (χ4n) is 4.38. The number of carbonyl (C=O) groups is 1. The molecule has 2 N–H and O–H groups in total. The summed E-state index contributed by atoms with van der Waals surface area (Å²) in [6, 6.07) is 1.82. The third kappa shape index (κ3) is 1.67. The first-order chi connectivity index (χ1) is 7.65. The molecule has 0 atom stereocenters. The maximum atomic E-state index is 10.5. The number of primary amides is 1. The molecule has 2 amide bonds. The van der Waals surface area contributed by atoms with E-state index in [2.05, 4.69) is 16.0 Å². The van der Waals surface area contributed by atoms with Gasteiger partial charge >= 0.3 is 6.03 Å². The molecule has 4 fully saturated rings. The van der Waals surface area contributed by atoms with Crippen molar-refractivity contribution in [2.75, 3.05) is 0 Å². The van der Waals surface area contributed by atoms with E-state index in [-0.39, 0.29) is 5.54 Å². The van der Waals surface area contributed by atoms with Gasteiger partial charge in [0.2, 0.25) is 0 Å². The van der Waals surface area contributed by atoms with Crippen LogP contribution >= 0.6 is 0 Å². The second kappa shape index (κ2) is 3.42. The Morgan fingerprint density at radius 3 is 2.06 bits per heavy atom. The Hall–Kier alpha value is -1.15. The molecule has 0 spiro atoms. The first kappa shape index (κ1) is 10.0. The van der Waals surface area contributed by atoms with E-state index in [9.17, 15) is 4.79 Å². The zero-order valence-electron chi connectivity index (χ0n) is 9.35. The Bertz CT molecular complexity index is 346. The highest BCUT2D eigenvalue weighted by atomic mass is 16.2. The van der Waals surface area contributed by atoms with Crippen molar-refractivity contribution in [1.29, 1.82) is 0 Å². The minimum absolute atomic E-state index is 0.0493. The smallest absolute Gasteiger partial charge is 0.347 e. The first-order valence-corrected chi connectivity index (χ1v) is 6.12. The van der Waals surface area contributed by atoms with Gasteiger partial charge in [0.25, 0.3) is 0 Å². The topological polar surface area (TPSA) is 67.8 Å². The molecule has 0 radical (unpaired) electrons. The highest BCUT2D eigenvalue weighted by Crippen LogP contribution is 2.57. The van der Waals surface area contributed by atoms with Gasteiger partial charge in [-0.25, -0.2) is 9.79 Å². The van der Waals surface area contributed by atoms with Crippen LogP contribution in [-0.2, 0) is 0 Å². The van der Waals surface area contributed by atoms with Crippen molar-refractivity contribution in [1.82, 2.24) is 0 Å². The Kier molecular flexibility index (Phi) is 2.15. The molecule has 86 valence electrons. The third-order valence-electron chi connectivity index (χ3n) is 4.45. The van der Waals surface area contributed by atoms with E-state index >= 15 is 0 Å². The predicted molar refractivity (Wildman–Crippen MR) is 60.3 cm³/mol. The number of aliphatic imine (C=N–C) groups is 2. The van der Waals surface area contributed by atoms with Crippen LogP contribution in [0.4, 0.5) is 4.79 Å². The summed E-state index contributed by atoms with van der Waals surface area (Å²) >= 11 is 0. The molecule has 0 aromatic carbocycles. The number of rotatable bonds is 1. The van der Waals surface area contributed by atoms with Crippen molar-refractivity contribution in [2.24, 2.45) is 33.5 Å². The van der Waals surface area contributed by atoms with E-state index in [0.29, 0.717) is 0 Å². The molecule has 0 saturated heterocycles. The van der Waals surface area contributed by atoms with Gasteiger partial charge in [-0.2, -0.15) is 0 Å². The van der Waals surface area contributed by atoms with Crippen molar-refractivity contribution in [3.8, 4) is 0 Å². The van der Waals surface area contributed by atoms with Crippen LogP contribution in [0, 0.1) is 17.8 Å². The Balaban J connectivity index is 1.83. The number of carbonyl (C=O) groups excluding carboxylic acids is 1. The second-order valence-electron chi connectivity index (χ2n) is 5.80. The molecule has 0 aromatic rings. The van der Waals surface area contributed by atoms with E-state index in [1.165, 1.54) is 38.5 Å². The number of hydrogen-bond acceptors (Lipinski definition) is 2. The molecule has 16 heavy (non-hydrogen) atoms. The van der Waals surface area contributed by atoms with Gasteiger partial charge in [0.1, 0.15) is 0 Å². The van der Waals surface area contributed by atoms with Crippen LogP contribution in [0.3, 0.4) is 0 Å². The van der Waals surface area contributed by atoms with Crippen molar-refractivity contribution < 1.29 is 4.79 Å². The predicted octanol–water partition coefficient (Wildman–Crippen LogP) is 2.21. The van der Waals surface area contributed by atoms with E-state index in [1.54, 1.807) is 0 Å². The van der Waals surface area contributed by atoms with Crippen LogP contribution in [0.2, 0.25) is 0 Å². The molecular weight excluding hydrogens is 202 g/mol. The number of nitrogens with two attached hydrogens (primary N) is 1. The van der Waals surface area contributed by atoms with Crippen molar-refractivity contribution in [3.63, 3.8) is 0 Å². The number of nitrogens with zero attached hydrogens (tertiary/aromatic N) is 2. The average molecular weight is 219 g/mol. The molecule has 4 aliphatic carbocycles. The van der Waals surface area contributed by atoms with Crippen LogP contribution in [0.25, 0.3) is 0 Å². The zero-order chi connectivity index (χ0) is 11.2. The van der Waals surface area contributed by atoms with Crippen molar-refractivity contribution >= 4 is 12.0 Å². The van der Waals surface area contributed by atoms with Crippen molar-refractivity contribution in [3.05, 3.63) is 0 Å². The number of hydrogen-bond donors (Lipinski definition) is 1. The monoisotopic (exact) mass is 219 g/mol. The lowest BCUT2D eigenvalue weighted by atomic mass is 9.53. The van der Waals surface area contributed by atoms with Gasteiger partial charge in [0.05, 0.1) is 11.5 Å². The van der Waals surface area contributed by atoms with Crippen LogP contribution in [0.1, 0.15) is 38.5 Å². The van der Waals surface area contributed by atoms with Gasteiger partial charge in [0, 0.05) is 0 Å². The lowest BCUT2D eigenvalue weighted by Crippen LogP contribution is -2.49. The van der Waals surface area contributed by atoms with Crippen LogP contribution < -0.4 is 5.73 Å². The van der Waals surface area contributed by atoms with Crippen LogP contribution in [0.5, 0.6) is 0 Å². The summed E-state index contributed by atoms with van der Waals surface area (Å²) in [7, 11) is 0. The van der Waals surface area contributed by atoms with Gasteiger partial charge in [-0.1, -0.05) is 0 Å². The minimum atomic E-state index is -0.700. The number of urea groups is 1. The highest BCUT2D eigenvalue weighted by Gasteiger charge is 2.50. The summed E-state index contributed by atoms with van der Waals surface area (Å²) in [6.45, 7) is 0. The second-order valence-corrected chi connectivity index (χ2v) is 5.80. The van der Waals surface area contributed by atoms with Gasteiger partial charge in [-0.05, 0) is 56.3 Å². The van der Waals surface area contributed by atoms with Gasteiger partial charge < -0.3 is 5.73 Å². The molecule has 4 bridgehead atoms. The third-order valence-corrected chi connectivity index (χ3v) is 4.45. The molecule has 4 aliphatic rings. The molecular formula is C12H17N3O. The zero-order valence-corrected chi connectivity index (χ0v) is 9.35. The number of amides is 2. The Morgan fingerprint density at radius 2 is 1.62 bits per heavy atom. The molecule has 4 heteroatoms. The molecule has 0 heterocycles. The minimum Gasteiger partial charge on any atom is -0.349 e. The quantitative estimate of drug-likeness (QED) is 0.675. The molecule has 0 aliphatic heterocycles. The molecule has 4 saturated carbocycles. The van der Waals surface area contributed by atoms with E-state index in [1.807, 2.05) is 0 Å². The fourth-order valence-corrected chi connectivity index (χ4v) is 4.38. The standard InChI is InChI=1S/C12H17N3O/c13-11(16)14-7-15-12-4-8-1-9(5-12)3-10(2-8)6-12/h8-10H,1-6H2,(H2,13,16). The van der Waals surface area contributed by atoms with Gasteiger partial charge in [-0.15, -0.1) is 4.99 Å². The summed E-state index contributed by atoms with van der Waals surface area (Å²) in [5, 5.41) is 0. The lowest BCUT2D eigenvalue weighted by Gasteiger charge is -2.54. The van der Waals surface area contributed by atoms with Gasteiger partial charge in [0.15, 0.2) is 0 Å². The fraction of sp³-hybridized carbons (Fsp3) is 0.833. The van der Waals surface area contributed by atoms with E-state index < -0.39 is 6.03 Å². The lowest BCUT2D eigenvalue weighted by molar-refractivity contribution is 0.00200. The van der Waals surface area contributed by atoms with Crippen LogP contribution in [-0.4, -0.2) is 17.6 Å². The summed E-state index contributed by atoms with van der Waals surface area (Å²) in [5.74, 6) is 2.56.